The number of rotatable bonds is 7. The van der Waals surface area contributed by atoms with Gasteiger partial charge in [-0.15, -0.1) is 0 Å². The van der Waals surface area contributed by atoms with E-state index in [1.165, 1.54) is 0 Å². The van der Waals surface area contributed by atoms with Crippen LogP contribution in [-0.2, 0) is 10.5 Å². The van der Waals surface area contributed by atoms with Crippen molar-refractivity contribution in [2.75, 3.05) is 26.0 Å². The number of nitrogens with two attached hydrogens (primary N) is 1. The maximum absolute atomic E-state index is 11.8. The van der Waals surface area contributed by atoms with Gasteiger partial charge in [-0.05, 0) is 30.5 Å². The van der Waals surface area contributed by atoms with Crippen molar-refractivity contribution in [2.45, 2.75) is 18.6 Å². The van der Waals surface area contributed by atoms with E-state index in [2.05, 4.69) is 17.9 Å². The Labute approximate surface area is 113 Å². The predicted molar refractivity (Wildman–Crippen MR) is 77.0 cm³/mol. The zero-order chi connectivity index (χ0) is 13.4. The molecule has 0 saturated carbocycles. The topological polar surface area (TPSA) is 64.3 Å². The second-order valence-corrected chi connectivity index (χ2v) is 4.34. The van der Waals surface area contributed by atoms with E-state index in [1.54, 1.807) is 19.2 Å². The minimum Gasteiger partial charge on any atom is -0.398 e. The van der Waals surface area contributed by atoms with Crippen LogP contribution in [0.3, 0.4) is 0 Å². The van der Waals surface area contributed by atoms with Crippen LogP contribution in [0.4, 0.5) is 5.69 Å². The van der Waals surface area contributed by atoms with Gasteiger partial charge in [0.2, 0.25) is 0 Å². The number of amides is 1. The van der Waals surface area contributed by atoms with Gasteiger partial charge in [0.25, 0.3) is 5.91 Å². The number of ether oxygens (including phenoxy) is 1. The van der Waals surface area contributed by atoms with Crippen LogP contribution in [0.25, 0.3) is 0 Å². The molecule has 100 valence electrons. The van der Waals surface area contributed by atoms with Gasteiger partial charge in [0.1, 0.15) is 0 Å². The second kappa shape index (κ2) is 8.00. The Hall–Kier alpha value is -1.20. The highest BCUT2D eigenvalue weighted by Gasteiger charge is 2.06. The molecule has 1 rings (SSSR count). The predicted octanol–water partition coefficient (Wildman–Crippen LogP) is 1.86. The van der Waals surface area contributed by atoms with E-state index in [4.69, 9.17) is 10.5 Å². The molecule has 0 aliphatic carbocycles. The molecular formula is C13H20N2O2S. The monoisotopic (exact) mass is 268 g/mol. The van der Waals surface area contributed by atoms with E-state index < -0.39 is 0 Å². The zero-order valence-corrected chi connectivity index (χ0v) is 11.5. The molecule has 1 aromatic rings. The van der Waals surface area contributed by atoms with Gasteiger partial charge in [-0.25, -0.2) is 0 Å². The summed E-state index contributed by atoms with van der Waals surface area (Å²) in [7, 11) is 1.67. The lowest BCUT2D eigenvalue weighted by Gasteiger charge is -2.07. The third-order valence-corrected chi connectivity index (χ3v) is 2.98. The maximum Gasteiger partial charge on any atom is 0.251 e. The first-order valence-corrected chi connectivity index (χ1v) is 6.58. The summed E-state index contributed by atoms with van der Waals surface area (Å²) in [5, 5.41) is 2.85. The van der Waals surface area contributed by atoms with Crippen molar-refractivity contribution in [1.82, 2.24) is 5.32 Å². The van der Waals surface area contributed by atoms with Crippen molar-refractivity contribution in [3.8, 4) is 0 Å². The molecule has 0 unspecified atom stereocenters. The molecule has 0 spiro atoms. The van der Waals surface area contributed by atoms with Crippen LogP contribution in [0.15, 0.2) is 18.2 Å². The number of benzene rings is 1. The van der Waals surface area contributed by atoms with Crippen LogP contribution in [0.2, 0.25) is 0 Å². The Morgan fingerprint density at radius 3 is 2.83 bits per heavy atom. The molecule has 1 aromatic carbocycles. The zero-order valence-electron chi connectivity index (χ0n) is 10.6. The molecule has 3 N–H and O–H groups in total. The summed E-state index contributed by atoms with van der Waals surface area (Å²) >= 11 is 4.16. The highest BCUT2D eigenvalue weighted by Crippen LogP contribution is 2.16. The first-order chi connectivity index (χ1) is 8.69. The number of hydrogen-bond donors (Lipinski definition) is 3. The van der Waals surface area contributed by atoms with Crippen LogP contribution in [0.5, 0.6) is 0 Å². The number of unbranched alkanes of at least 4 members (excludes halogenated alkanes) is 1. The molecule has 4 nitrogen and oxygen atoms in total. The van der Waals surface area contributed by atoms with E-state index in [-0.39, 0.29) is 5.91 Å². The number of thiol groups is 1. The molecule has 5 heteroatoms. The van der Waals surface area contributed by atoms with Crippen LogP contribution < -0.4 is 11.1 Å². The summed E-state index contributed by atoms with van der Waals surface area (Å²) < 4.78 is 4.94. The Morgan fingerprint density at radius 2 is 2.22 bits per heavy atom. The highest BCUT2D eigenvalue weighted by molar-refractivity contribution is 7.79. The minimum absolute atomic E-state index is 0.0927. The first kappa shape index (κ1) is 14.9. The number of carbonyl (C=O) groups excluding carboxylic acids is 1. The summed E-state index contributed by atoms with van der Waals surface area (Å²) in [4.78, 5) is 11.8. The molecule has 0 bridgehead atoms. The Balaban J connectivity index is 2.44. The Bertz CT molecular complexity index is 397. The first-order valence-electron chi connectivity index (χ1n) is 5.95. The lowest BCUT2D eigenvalue weighted by atomic mass is 10.1. The lowest BCUT2D eigenvalue weighted by molar-refractivity contribution is 0.0951. The molecule has 1 amide bonds. The third kappa shape index (κ3) is 4.58. The highest BCUT2D eigenvalue weighted by atomic mass is 32.1. The van der Waals surface area contributed by atoms with Gasteiger partial charge in [-0.3, -0.25) is 4.79 Å². The summed E-state index contributed by atoms with van der Waals surface area (Å²) in [6, 6.07) is 5.30. The average molecular weight is 268 g/mol. The molecule has 0 fully saturated rings. The van der Waals surface area contributed by atoms with E-state index in [1.807, 2.05) is 6.07 Å². The van der Waals surface area contributed by atoms with Crippen LogP contribution >= 0.6 is 12.6 Å². The molecule has 18 heavy (non-hydrogen) atoms. The quantitative estimate of drug-likeness (QED) is 0.402. The SMILES string of the molecule is COCCCCNC(=O)c1ccc(CS)c(N)c1. The lowest BCUT2D eigenvalue weighted by Crippen LogP contribution is -2.24. The maximum atomic E-state index is 11.8. The van der Waals surface area contributed by atoms with E-state index >= 15 is 0 Å². The number of methoxy groups -OCH3 is 1. The number of anilines is 1. The van der Waals surface area contributed by atoms with Crippen molar-refractivity contribution in [3.05, 3.63) is 29.3 Å². The molecule has 0 radical (unpaired) electrons. The van der Waals surface area contributed by atoms with Gasteiger partial charge in [-0.1, -0.05) is 6.07 Å². The van der Waals surface area contributed by atoms with Crippen molar-refractivity contribution in [1.29, 1.82) is 0 Å². The largest absolute Gasteiger partial charge is 0.398 e. The number of carbonyl (C=O) groups is 1. The fourth-order valence-electron chi connectivity index (χ4n) is 1.56. The molecule has 0 saturated heterocycles. The van der Waals surface area contributed by atoms with Crippen molar-refractivity contribution >= 4 is 24.2 Å². The summed E-state index contributed by atoms with van der Waals surface area (Å²) in [5.41, 5.74) is 7.95. The van der Waals surface area contributed by atoms with E-state index in [0.717, 1.165) is 25.0 Å². The van der Waals surface area contributed by atoms with Crippen molar-refractivity contribution < 1.29 is 9.53 Å². The smallest absolute Gasteiger partial charge is 0.251 e. The summed E-state index contributed by atoms with van der Waals surface area (Å²) in [6.07, 6.45) is 1.85. The van der Waals surface area contributed by atoms with Crippen molar-refractivity contribution in [2.24, 2.45) is 0 Å². The third-order valence-electron chi connectivity index (χ3n) is 2.64. The van der Waals surface area contributed by atoms with Gasteiger partial charge < -0.3 is 15.8 Å². The van der Waals surface area contributed by atoms with E-state index in [9.17, 15) is 4.79 Å². The second-order valence-electron chi connectivity index (χ2n) is 4.03. The molecule has 0 aliphatic heterocycles. The fourth-order valence-corrected chi connectivity index (χ4v) is 1.84. The average Bonchev–Trinajstić information content (AvgIpc) is 2.38. The normalized spacial score (nSPS) is 10.3. The van der Waals surface area contributed by atoms with E-state index in [0.29, 0.717) is 23.5 Å². The molecule has 0 heterocycles. The van der Waals surface area contributed by atoms with Crippen LogP contribution in [-0.4, -0.2) is 26.2 Å². The van der Waals surface area contributed by atoms with Crippen LogP contribution in [0.1, 0.15) is 28.8 Å². The van der Waals surface area contributed by atoms with Crippen molar-refractivity contribution in [3.63, 3.8) is 0 Å². The molecule has 0 aromatic heterocycles. The summed E-state index contributed by atoms with van der Waals surface area (Å²) in [5.74, 6) is 0.481. The molecule has 0 aliphatic rings. The standard InChI is InChI=1S/C13H20N2O2S/c1-17-7-3-2-6-15-13(16)10-4-5-11(9-18)12(14)8-10/h4-5,8,18H,2-3,6-7,9,14H2,1H3,(H,15,16). The fraction of sp³-hybridized carbons (Fsp3) is 0.462. The van der Waals surface area contributed by atoms with Gasteiger partial charge in [-0.2, -0.15) is 12.6 Å². The number of nitrogen functional groups attached to an aromatic ring is 1. The Kier molecular flexibility index (Phi) is 6.60. The Morgan fingerprint density at radius 1 is 1.44 bits per heavy atom. The minimum atomic E-state index is -0.0927. The van der Waals surface area contributed by atoms with Gasteiger partial charge in [0, 0.05) is 37.3 Å². The number of nitrogens with one attached hydrogen (secondary N) is 1. The summed E-state index contributed by atoms with van der Waals surface area (Å²) in [6.45, 7) is 1.37. The molecular weight excluding hydrogens is 248 g/mol. The van der Waals surface area contributed by atoms with Gasteiger partial charge >= 0.3 is 0 Å². The number of hydrogen-bond acceptors (Lipinski definition) is 4. The van der Waals surface area contributed by atoms with Gasteiger partial charge in [0.05, 0.1) is 0 Å². The molecule has 0 atom stereocenters. The van der Waals surface area contributed by atoms with Crippen LogP contribution in [0, 0.1) is 0 Å². The van der Waals surface area contributed by atoms with Gasteiger partial charge in [0.15, 0.2) is 0 Å².